The normalized spacial score (nSPS) is 18.5. The molecular weight excluding hydrogens is 446 g/mol. The van der Waals surface area contributed by atoms with Gasteiger partial charge in [0, 0.05) is 49.1 Å². The van der Waals surface area contributed by atoms with Crippen LogP contribution in [-0.4, -0.2) is 70.4 Å². The maximum absolute atomic E-state index is 13.2. The summed E-state index contributed by atoms with van der Waals surface area (Å²) in [6.07, 6.45) is 7.77. The van der Waals surface area contributed by atoms with E-state index in [1.807, 2.05) is 18.3 Å². The second-order valence-electron chi connectivity index (χ2n) is 8.99. The van der Waals surface area contributed by atoms with Gasteiger partial charge in [0.2, 0.25) is 5.91 Å². The predicted octanol–water partition coefficient (Wildman–Crippen LogP) is 3.78. The molecule has 0 aromatic carbocycles. The van der Waals surface area contributed by atoms with Crippen molar-refractivity contribution in [2.45, 2.75) is 26.2 Å². The van der Waals surface area contributed by atoms with Crippen LogP contribution < -0.4 is 10.6 Å². The van der Waals surface area contributed by atoms with Gasteiger partial charge in [-0.1, -0.05) is 12.7 Å². The number of piperazine rings is 1. The highest BCUT2D eigenvalue weighted by Gasteiger charge is 2.32. The van der Waals surface area contributed by atoms with Crippen molar-refractivity contribution in [3.63, 3.8) is 0 Å². The van der Waals surface area contributed by atoms with Gasteiger partial charge in [-0.05, 0) is 44.9 Å². The predicted molar refractivity (Wildman–Crippen MR) is 139 cm³/mol. The number of thiophene rings is 1. The number of aryl methyl sites for hydroxylation is 1. The lowest BCUT2D eigenvalue weighted by molar-refractivity contribution is -0.137. The molecule has 9 heteroatoms. The summed E-state index contributed by atoms with van der Waals surface area (Å²) >= 11 is 1.69. The lowest BCUT2D eigenvalue weighted by Gasteiger charge is -2.35. The minimum Gasteiger partial charge on any atom is -0.384 e. The lowest BCUT2D eigenvalue weighted by Crippen LogP contribution is -2.49. The number of amides is 1. The van der Waals surface area contributed by atoms with Crippen molar-refractivity contribution in [1.29, 1.82) is 0 Å². The number of hydrogen-bond donors (Lipinski definition) is 2. The largest absolute Gasteiger partial charge is 0.384 e. The van der Waals surface area contributed by atoms with Crippen LogP contribution in [0.2, 0.25) is 0 Å². The Labute approximate surface area is 204 Å². The second-order valence-corrected chi connectivity index (χ2v) is 10.1. The number of carbonyl (C=O) groups excluding carboxylic acids is 1. The Hall–Kier alpha value is -3.04. The number of hydrogen-bond acceptors (Lipinski definition) is 8. The van der Waals surface area contributed by atoms with Crippen LogP contribution >= 0.6 is 11.3 Å². The number of likely N-dealkylation sites (N-methyl/N-ethyl adjacent to an activating group) is 1. The summed E-state index contributed by atoms with van der Waals surface area (Å²) in [5.74, 6) is 1.85. The van der Waals surface area contributed by atoms with Crippen LogP contribution in [0.25, 0.3) is 16.3 Å². The zero-order valence-corrected chi connectivity index (χ0v) is 20.6. The average Bonchev–Trinajstić information content (AvgIpc) is 3.24. The minimum absolute atomic E-state index is 0.0590. The number of anilines is 3. The van der Waals surface area contributed by atoms with E-state index in [0.29, 0.717) is 5.91 Å². The molecule has 5 rings (SSSR count). The summed E-state index contributed by atoms with van der Waals surface area (Å²) in [5.41, 5.74) is 3.22. The van der Waals surface area contributed by atoms with Gasteiger partial charge >= 0.3 is 0 Å². The van der Waals surface area contributed by atoms with Crippen LogP contribution in [0.3, 0.4) is 0 Å². The summed E-state index contributed by atoms with van der Waals surface area (Å²) in [7, 11) is 2.11. The molecule has 1 saturated heterocycles. The molecule has 1 amide bonds. The Balaban J connectivity index is 1.39. The highest BCUT2D eigenvalue weighted by molar-refractivity contribution is 7.19. The van der Waals surface area contributed by atoms with Gasteiger partial charge in [0.1, 0.15) is 22.8 Å². The molecule has 1 atom stereocenters. The quantitative estimate of drug-likeness (QED) is 0.559. The van der Waals surface area contributed by atoms with Gasteiger partial charge in [0.05, 0.1) is 17.3 Å². The molecule has 1 aliphatic heterocycles. The number of carbonyl (C=O) groups is 1. The first kappa shape index (κ1) is 22.7. The van der Waals surface area contributed by atoms with E-state index in [1.165, 1.54) is 10.4 Å². The van der Waals surface area contributed by atoms with E-state index in [0.717, 1.165) is 85.1 Å². The van der Waals surface area contributed by atoms with Crippen LogP contribution in [0.4, 0.5) is 17.3 Å². The van der Waals surface area contributed by atoms with Gasteiger partial charge in [-0.15, -0.1) is 11.3 Å². The van der Waals surface area contributed by atoms with Gasteiger partial charge in [0.25, 0.3) is 0 Å². The number of aromatic nitrogens is 3. The van der Waals surface area contributed by atoms with Crippen LogP contribution in [0, 0.1) is 5.92 Å². The van der Waals surface area contributed by atoms with E-state index in [4.69, 9.17) is 0 Å². The molecule has 4 heterocycles. The molecule has 3 aromatic rings. The Morgan fingerprint density at radius 1 is 1.26 bits per heavy atom. The van der Waals surface area contributed by atoms with Crippen LogP contribution in [0.5, 0.6) is 0 Å². The van der Waals surface area contributed by atoms with Crippen molar-refractivity contribution >= 4 is 50.9 Å². The summed E-state index contributed by atoms with van der Waals surface area (Å²) < 4.78 is 0. The molecule has 1 aliphatic carbocycles. The third-order valence-electron chi connectivity index (χ3n) is 6.78. The zero-order valence-electron chi connectivity index (χ0n) is 19.8. The zero-order chi connectivity index (χ0) is 23.7. The monoisotopic (exact) mass is 477 g/mol. The van der Waals surface area contributed by atoms with Crippen LogP contribution in [-0.2, 0) is 17.6 Å². The number of rotatable bonds is 6. The number of pyridine rings is 1. The van der Waals surface area contributed by atoms with Crippen molar-refractivity contribution < 1.29 is 4.79 Å². The Morgan fingerprint density at radius 2 is 2.09 bits per heavy atom. The minimum atomic E-state index is 0.0590. The number of fused-ring (bicyclic) bond motifs is 3. The highest BCUT2D eigenvalue weighted by Crippen LogP contribution is 2.40. The van der Waals surface area contributed by atoms with E-state index in [2.05, 4.69) is 55.9 Å². The van der Waals surface area contributed by atoms with Crippen molar-refractivity contribution in [2.75, 3.05) is 50.4 Å². The van der Waals surface area contributed by atoms with Gasteiger partial charge < -0.3 is 20.4 Å². The van der Waals surface area contributed by atoms with Gasteiger partial charge in [0.15, 0.2) is 0 Å². The van der Waals surface area contributed by atoms with E-state index < -0.39 is 0 Å². The molecule has 178 valence electrons. The average molecular weight is 478 g/mol. The number of nitrogens with zero attached hydrogens (tertiary/aromatic N) is 5. The molecule has 0 bridgehead atoms. The van der Waals surface area contributed by atoms with Crippen LogP contribution in [0.1, 0.15) is 29.3 Å². The first-order valence-corrected chi connectivity index (χ1v) is 12.7. The van der Waals surface area contributed by atoms with E-state index in [9.17, 15) is 4.79 Å². The van der Waals surface area contributed by atoms with Gasteiger partial charge in [-0.2, -0.15) is 0 Å². The molecule has 0 spiro atoms. The summed E-state index contributed by atoms with van der Waals surface area (Å²) in [5, 5.41) is 7.77. The summed E-state index contributed by atoms with van der Waals surface area (Å²) in [6.45, 7) is 10.4. The topological polar surface area (TPSA) is 86.3 Å². The molecule has 2 aliphatic rings. The first-order valence-electron chi connectivity index (χ1n) is 11.9. The molecule has 3 aromatic heterocycles. The Morgan fingerprint density at radius 3 is 2.85 bits per heavy atom. The van der Waals surface area contributed by atoms with Crippen molar-refractivity contribution in [1.82, 2.24) is 24.8 Å². The lowest BCUT2D eigenvalue weighted by atomic mass is 9.86. The molecule has 0 saturated carbocycles. The molecule has 2 N–H and O–H groups in total. The first-order chi connectivity index (χ1) is 16.6. The Kier molecular flexibility index (Phi) is 6.47. The molecule has 1 fully saturated rings. The molecule has 8 nitrogen and oxygen atoms in total. The summed E-state index contributed by atoms with van der Waals surface area (Å²) in [4.78, 5) is 33.4. The van der Waals surface area contributed by atoms with Crippen molar-refractivity contribution in [3.8, 4) is 0 Å². The SMILES string of the molecule is C=Cc1cc(Nc2ncnc3sc4c(c23)CCC(C(=O)N2CCN(C)CC2)C4)ncc1NCC. The van der Waals surface area contributed by atoms with E-state index in [1.54, 1.807) is 17.7 Å². The fourth-order valence-electron chi connectivity index (χ4n) is 4.87. The van der Waals surface area contributed by atoms with E-state index in [-0.39, 0.29) is 5.92 Å². The standard InChI is InChI=1S/C25H31N7OS/c1-4-16-13-21(27-14-19(16)26-5-2)30-23-22-18-7-6-17(12-20(18)34-24(22)29-15-28-23)25(33)32-10-8-31(3)9-11-32/h4,13-15,17,26H,1,5-12H2,2-3H3,(H,27,28,29,30). The second kappa shape index (κ2) is 9.68. The van der Waals surface area contributed by atoms with Gasteiger partial charge in [-0.3, -0.25) is 4.79 Å². The van der Waals surface area contributed by atoms with Crippen molar-refractivity contribution in [3.05, 3.63) is 41.2 Å². The number of nitrogens with one attached hydrogen (secondary N) is 2. The maximum atomic E-state index is 13.2. The summed E-state index contributed by atoms with van der Waals surface area (Å²) in [6, 6.07) is 1.97. The molecule has 1 unspecified atom stereocenters. The van der Waals surface area contributed by atoms with Gasteiger partial charge in [-0.25, -0.2) is 15.0 Å². The third kappa shape index (κ3) is 4.37. The molecule has 34 heavy (non-hydrogen) atoms. The van der Waals surface area contributed by atoms with Crippen molar-refractivity contribution in [2.24, 2.45) is 5.92 Å². The Bertz CT molecular complexity index is 1220. The van der Waals surface area contributed by atoms with Crippen LogP contribution in [0.15, 0.2) is 25.2 Å². The van der Waals surface area contributed by atoms with E-state index >= 15 is 0 Å². The molecule has 0 radical (unpaired) electrons. The fourth-order valence-corrected chi connectivity index (χ4v) is 6.14. The maximum Gasteiger partial charge on any atom is 0.226 e. The third-order valence-corrected chi connectivity index (χ3v) is 7.94. The smallest absolute Gasteiger partial charge is 0.226 e. The fraction of sp³-hybridized carbons (Fsp3) is 0.440. The highest BCUT2D eigenvalue weighted by atomic mass is 32.1. The molecular formula is C25H31N7OS.